The lowest BCUT2D eigenvalue weighted by molar-refractivity contribution is -0.127. The Kier molecular flexibility index (Phi) is 2.40. The summed E-state index contributed by atoms with van der Waals surface area (Å²) in [5.41, 5.74) is 6.98. The molecule has 0 radical (unpaired) electrons. The van der Waals surface area contributed by atoms with Gasteiger partial charge in [0.2, 0.25) is 0 Å². The van der Waals surface area contributed by atoms with E-state index in [1.807, 2.05) is 12.1 Å². The highest BCUT2D eigenvalue weighted by atomic mass is 16.2. The number of fused-ring (bicyclic) bond motifs is 1. The average molecular weight is 219 g/mol. The molecule has 5 heteroatoms. The van der Waals surface area contributed by atoms with Gasteiger partial charge in [0.25, 0.3) is 11.8 Å². The van der Waals surface area contributed by atoms with Gasteiger partial charge in [-0.05, 0) is 12.1 Å². The van der Waals surface area contributed by atoms with E-state index in [0.717, 1.165) is 0 Å². The number of hydrogen-bond donors (Lipinski definition) is 1. The SMILES string of the molecule is CN1C(=O)C(N)C(=O)N(C)c2ccccc21. The van der Waals surface area contributed by atoms with Crippen LogP contribution in [0.1, 0.15) is 0 Å². The number of carbonyl (C=O) groups is 2. The van der Waals surface area contributed by atoms with Crippen molar-refractivity contribution in [2.75, 3.05) is 23.9 Å². The lowest BCUT2D eigenvalue weighted by Crippen LogP contribution is -2.49. The van der Waals surface area contributed by atoms with Gasteiger partial charge in [0.05, 0.1) is 11.4 Å². The quantitative estimate of drug-likeness (QED) is 0.622. The third-order valence-corrected chi connectivity index (χ3v) is 2.80. The van der Waals surface area contributed by atoms with Crippen molar-refractivity contribution in [1.29, 1.82) is 0 Å². The molecule has 0 saturated heterocycles. The molecule has 0 spiro atoms. The zero-order valence-corrected chi connectivity index (χ0v) is 9.18. The Labute approximate surface area is 93.4 Å². The molecule has 16 heavy (non-hydrogen) atoms. The maximum atomic E-state index is 11.8. The number of carbonyl (C=O) groups excluding carboxylic acids is 2. The van der Waals surface area contributed by atoms with Crippen molar-refractivity contribution in [3.05, 3.63) is 24.3 Å². The Morgan fingerprint density at radius 3 is 1.75 bits per heavy atom. The number of anilines is 2. The Morgan fingerprint density at radius 2 is 1.38 bits per heavy atom. The van der Waals surface area contributed by atoms with Crippen LogP contribution in [0.5, 0.6) is 0 Å². The van der Waals surface area contributed by atoms with E-state index in [4.69, 9.17) is 5.73 Å². The maximum absolute atomic E-state index is 11.8. The summed E-state index contributed by atoms with van der Waals surface area (Å²) in [6, 6.07) is 6.09. The van der Waals surface area contributed by atoms with E-state index in [-0.39, 0.29) is 11.8 Å². The van der Waals surface area contributed by atoms with Crippen molar-refractivity contribution in [2.24, 2.45) is 5.73 Å². The van der Waals surface area contributed by atoms with Gasteiger partial charge in [-0.25, -0.2) is 0 Å². The monoisotopic (exact) mass is 219 g/mol. The highest BCUT2D eigenvalue weighted by molar-refractivity contribution is 6.19. The zero-order valence-electron chi connectivity index (χ0n) is 9.18. The molecular formula is C11H13N3O2. The van der Waals surface area contributed by atoms with Crippen LogP contribution in [0, 0.1) is 0 Å². The summed E-state index contributed by atoms with van der Waals surface area (Å²) in [5, 5.41) is 0. The number of benzene rings is 1. The predicted octanol–water partition coefficient (Wildman–Crippen LogP) is -0.0469. The minimum atomic E-state index is -1.12. The van der Waals surface area contributed by atoms with Gasteiger partial charge in [-0.15, -0.1) is 0 Å². The van der Waals surface area contributed by atoms with Crippen LogP contribution in [-0.2, 0) is 9.59 Å². The Hall–Kier alpha value is -1.88. The standard InChI is InChI=1S/C11H13N3O2/c1-13-7-5-3-4-6-8(7)14(2)11(16)9(12)10(13)15/h3-6,9H,12H2,1-2H3. The summed E-state index contributed by atoms with van der Waals surface area (Å²) >= 11 is 0. The number of rotatable bonds is 0. The normalized spacial score (nSPS) is 17.4. The van der Waals surface area contributed by atoms with Crippen LogP contribution in [0.25, 0.3) is 0 Å². The summed E-state index contributed by atoms with van der Waals surface area (Å²) in [5.74, 6) is -0.774. The van der Waals surface area contributed by atoms with Crippen LogP contribution in [0.4, 0.5) is 11.4 Å². The van der Waals surface area contributed by atoms with E-state index in [0.29, 0.717) is 11.4 Å². The first-order valence-corrected chi connectivity index (χ1v) is 4.94. The van der Waals surface area contributed by atoms with E-state index >= 15 is 0 Å². The minimum Gasteiger partial charge on any atom is -0.312 e. The van der Waals surface area contributed by atoms with Crippen LogP contribution >= 0.6 is 0 Å². The fraction of sp³-hybridized carbons (Fsp3) is 0.273. The smallest absolute Gasteiger partial charge is 0.253 e. The van der Waals surface area contributed by atoms with Crippen molar-refractivity contribution >= 4 is 23.2 Å². The second-order valence-corrected chi connectivity index (χ2v) is 3.76. The Morgan fingerprint density at radius 1 is 1.00 bits per heavy atom. The largest absolute Gasteiger partial charge is 0.312 e. The molecule has 0 aromatic heterocycles. The highest BCUT2D eigenvalue weighted by Crippen LogP contribution is 2.30. The first-order chi connectivity index (χ1) is 7.54. The number of nitrogens with two attached hydrogens (primary N) is 1. The van der Waals surface area contributed by atoms with Gasteiger partial charge in [0.15, 0.2) is 6.04 Å². The molecule has 0 atom stereocenters. The fourth-order valence-electron chi connectivity index (χ4n) is 1.79. The summed E-state index contributed by atoms with van der Waals surface area (Å²) in [4.78, 5) is 26.5. The molecule has 1 aromatic carbocycles. The first kappa shape index (κ1) is 10.6. The second kappa shape index (κ2) is 3.61. The van der Waals surface area contributed by atoms with Crippen LogP contribution in [0.3, 0.4) is 0 Å². The van der Waals surface area contributed by atoms with Gasteiger partial charge in [-0.1, -0.05) is 12.1 Å². The Balaban J connectivity index is 2.62. The molecule has 0 unspecified atom stereocenters. The molecule has 84 valence electrons. The molecule has 0 aliphatic carbocycles. The molecule has 0 fully saturated rings. The van der Waals surface area contributed by atoms with E-state index in [2.05, 4.69) is 0 Å². The topological polar surface area (TPSA) is 66.6 Å². The number of para-hydroxylation sites is 2. The summed E-state index contributed by atoms with van der Waals surface area (Å²) in [7, 11) is 3.24. The van der Waals surface area contributed by atoms with Crippen LogP contribution in [0.15, 0.2) is 24.3 Å². The molecule has 0 saturated carbocycles. The number of likely N-dealkylation sites (N-methyl/N-ethyl adjacent to an activating group) is 2. The van der Waals surface area contributed by atoms with Crippen molar-refractivity contribution in [3.63, 3.8) is 0 Å². The molecule has 0 bridgehead atoms. The van der Waals surface area contributed by atoms with E-state index in [1.54, 1.807) is 26.2 Å². The molecular weight excluding hydrogens is 206 g/mol. The molecule has 1 heterocycles. The number of amides is 2. The third-order valence-electron chi connectivity index (χ3n) is 2.80. The second-order valence-electron chi connectivity index (χ2n) is 3.76. The van der Waals surface area contributed by atoms with Crippen molar-refractivity contribution in [3.8, 4) is 0 Å². The van der Waals surface area contributed by atoms with Crippen molar-refractivity contribution < 1.29 is 9.59 Å². The summed E-state index contributed by atoms with van der Waals surface area (Å²) in [6.45, 7) is 0. The average Bonchev–Trinajstić information content (AvgIpc) is 2.38. The van der Waals surface area contributed by atoms with Gasteiger partial charge >= 0.3 is 0 Å². The highest BCUT2D eigenvalue weighted by Gasteiger charge is 2.34. The number of nitrogens with zero attached hydrogens (tertiary/aromatic N) is 2. The van der Waals surface area contributed by atoms with E-state index < -0.39 is 6.04 Å². The van der Waals surface area contributed by atoms with Crippen molar-refractivity contribution in [1.82, 2.24) is 0 Å². The van der Waals surface area contributed by atoms with Crippen molar-refractivity contribution in [2.45, 2.75) is 6.04 Å². The van der Waals surface area contributed by atoms with Gasteiger partial charge in [-0.2, -0.15) is 0 Å². The van der Waals surface area contributed by atoms with Gasteiger partial charge < -0.3 is 15.5 Å². The van der Waals surface area contributed by atoms with Gasteiger partial charge in [-0.3, -0.25) is 9.59 Å². The lowest BCUT2D eigenvalue weighted by Gasteiger charge is -2.19. The molecule has 1 aliphatic heterocycles. The maximum Gasteiger partial charge on any atom is 0.253 e. The van der Waals surface area contributed by atoms with Gasteiger partial charge in [0.1, 0.15) is 0 Å². The summed E-state index contributed by atoms with van der Waals surface area (Å²) in [6.07, 6.45) is 0. The molecule has 1 aliphatic rings. The summed E-state index contributed by atoms with van der Waals surface area (Å²) < 4.78 is 0. The van der Waals surface area contributed by atoms with E-state index in [1.165, 1.54) is 9.80 Å². The number of hydrogen-bond acceptors (Lipinski definition) is 3. The molecule has 2 rings (SSSR count). The van der Waals surface area contributed by atoms with Gasteiger partial charge in [0, 0.05) is 14.1 Å². The predicted molar refractivity (Wildman–Crippen MR) is 61.2 cm³/mol. The van der Waals surface area contributed by atoms with Crippen LogP contribution in [-0.4, -0.2) is 32.0 Å². The van der Waals surface area contributed by atoms with E-state index in [9.17, 15) is 9.59 Å². The van der Waals surface area contributed by atoms with Crippen LogP contribution in [0.2, 0.25) is 0 Å². The molecule has 1 aromatic rings. The minimum absolute atomic E-state index is 0.387. The molecule has 2 N–H and O–H groups in total. The zero-order chi connectivity index (χ0) is 11.9. The molecule has 2 amide bonds. The first-order valence-electron chi connectivity index (χ1n) is 4.94. The Bertz CT molecular complexity index is 417. The lowest BCUT2D eigenvalue weighted by atomic mass is 10.2. The third kappa shape index (κ3) is 1.37. The fourth-order valence-corrected chi connectivity index (χ4v) is 1.79. The van der Waals surface area contributed by atoms with Crippen LogP contribution < -0.4 is 15.5 Å². The molecule has 5 nitrogen and oxygen atoms in total.